The topological polar surface area (TPSA) is 33.2 Å². The lowest BCUT2D eigenvalue weighted by atomic mass is 10.0. The summed E-state index contributed by atoms with van der Waals surface area (Å²) in [6.45, 7) is 2.93. The van der Waals surface area contributed by atoms with Gasteiger partial charge in [-0.3, -0.25) is 9.78 Å². The fourth-order valence-electron chi connectivity index (χ4n) is 2.51. The normalized spacial score (nSPS) is 14.0. The molecule has 1 aliphatic heterocycles. The van der Waals surface area contributed by atoms with Crippen molar-refractivity contribution in [3.8, 4) is 0 Å². The van der Waals surface area contributed by atoms with Gasteiger partial charge in [-0.05, 0) is 30.7 Å². The molecular weight excluding hydrogens is 255 g/mol. The number of carbonyl (C=O) groups is 1. The first-order valence-electron chi connectivity index (χ1n) is 6.63. The summed E-state index contributed by atoms with van der Waals surface area (Å²) in [5.74, 6) is -0.710. The van der Waals surface area contributed by atoms with Crippen LogP contribution < -0.4 is 0 Å². The van der Waals surface area contributed by atoms with Gasteiger partial charge >= 0.3 is 0 Å². The molecule has 3 nitrogen and oxygen atoms in total. The lowest BCUT2D eigenvalue weighted by Crippen LogP contribution is -2.36. The number of amides is 1. The molecule has 0 saturated heterocycles. The van der Waals surface area contributed by atoms with Gasteiger partial charge in [0.1, 0.15) is 5.82 Å². The minimum absolute atomic E-state index is 0.150. The van der Waals surface area contributed by atoms with Gasteiger partial charge in [-0.2, -0.15) is 0 Å². The Balaban J connectivity index is 1.88. The van der Waals surface area contributed by atoms with Crippen molar-refractivity contribution in [1.29, 1.82) is 0 Å². The van der Waals surface area contributed by atoms with Gasteiger partial charge in [-0.1, -0.05) is 17.7 Å². The average Bonchev–Trinajstić information content (AvgIpc) is 2.48. The number of benzene rings is 1. The highest BCUT2D eigenvalue weighted by molar-refractivity contribution is 5.94. The maximum Gasteiger partial charge on any atom is 0.257 e. The Morgan fingerprint density at radius 2 is 2.20 bits per heavy atom. The van der Waals surface area contributed by atoms with E-state index in [1.807, 2.05) is 19.1 Å². The molecule has 0 atom stereocenters. The number of aromatic nitrogens is 1. The zero-order valence-corrected chi connectivity index (χ0v) is 11.3. The molecule has 2 heterocycles. The SMILES string of the molecule is Cc1ccc(F)c(C(=O)N2CCc3ncccc3C2)c1. The van der Waals surface area contributed by atoms with Crippen LogP contribution in [0.4, 0.5) is 4.39 Å². The predicted octanol–water partition coefficient (Wildman–Crippen LogP) is 2.73. The molecular formula is C16H15FN2O. The molecule has 0 saturated carbocycles. The third kappa shape index (κ3) is 2.29. The molecule has 102 valence electrons. The van der Waals surface area contributed by atoms with Crippen molar-refractivity contribution in [3.05, 3.63) is 64.7 Å². The van der Waals surface area contributed by atoms with Crippen LogP contribution in [0.2, 0.25) is 0 Å². The van der Waals surface area contributed by atoms with Gasteiger partial charge in [-0.15, -0.1) is 0 Å². The van der Waals surface area contributed by atoms with Crippen LogP contribution in [-0.4, -0.2) is 22.3 Å². The molecule has 20 heavy (non-hydrogen) atoms. The first-order valence-corrected chi connectivity index (χ1v) is 6.63. The summed E-state index contributed by atoms with van der Waals surface area (Å²) in [5, 5.41) is 0. The lowest BCUT2D eigenvalue weighted by molar-refractivity contribution is 0.0728. The number of hydrogen-bond donors (Lipinski definition) is 0. The monoisotopic (exact) mass is 270 g/mol. The smallest absolute Gasteiger partial charge is 0.257 e. The second-order valence-corrected chi connectivity index (χ2v) is 5.07. The third-order valence-electron chi connectivity index (χ3n) is 3.60. The van der Waals surface area contributed by atoms with Gasteiger partial charge in [0.15, 0.2) is 0 Å². The Kier molecular flexibility index (Phi) is 3.22. The summed E-state index contributed by atoms with van der Waals surface area (Å²) in [5.41, 5.74) is 3.10. The molecule has 2 aromatic rings. The fraction of sp³-hybridized carbons (Fsp3) is 0.250. The van der Waals surface area contributed by atoms with Crippen LogP contribution >= 0.6 is 0 Å². The van der Waals surface area contributed by atoms with Gasteiger partial charge in [-0.25, -0.2) is 4.39 Å². The minimum Gasteiger partial charge on any atom is -0.334 e. The molecule has 1 amide bonds. The highest BCUT2D eigenvalue weighted by Crippen LogP contribution is 2.20. The maximum atomic E-state index is 13.8. The van der Waals surface area contributed by atoms with Gasteiger partial charge in [0.05, 0.1) is 5.56 Å². The van der Waals surface area contributed by atoms with Gasteiger partial charge in [0.25, 0.3) is 5.91 Å². The molecule has 0 aliphatic carbocycles. The molecule has 0 N–H and O–H groups in total. The van der Waals surface area contributed by atoms with Crippen molar-refractivity contribution in [2.75, 3.05) is 6.54 Å². The number of halogens is 1. The number of aryl methyl sites for hydroxylation is 1. The largest absolute Gasteiger partial charge is 0.334 e. The Hall–Kier alpha value is -2.23. The van der Waals surface area contributed by atoms with Crippen molar-refractivity contribution in [2.45, 2.75) is 19.9 Å². The summed E-state index contributed by atoms with van der Waals surface area (Å²) in [4.78, 5) is 18.4. The van der Waals surface area contributed by atoms with E-state index < -0.39 is 5.82 Å². The highest BCUT2D eigenvalue weighted by Gasteiger charge is 2.24. The number of nitrogens with zero attached hydrogens (tertiary/aromatic N) is 2. The van der Waals surface area contributed by atoms with Crippen LogP contribution in [0.25, 0.3) is 0 Å². The second kappa shape index (κ2) is 5.04. The molecule has 1 aromatic carbocycles. The summed E-state index contributed by atoms with van der Waals surface area (Å²) in [6.07, 6.45) is 2.48. The molecule has 0 fully saturated rings. The van der Waals surface area contributed by atoms with E-state index in [1.165, 1.54) is 6.07 Å². The zero-order chi connectivity index (χ0) is 14.1. The van der Waals surface area contributed by atoms with Crippen molar-refractivity contribution >= 4 is 5.91 Å². The third-order valence-corrected chi connectivity index (χ3v) is 3.60. The maximum absolute atomic E-state index is 13.8. The Morgan fingerprint density at radius 3 is 3.05 bits per heavy atom. The van der Waals surface area contributed by atoms with Crippen LogP contribution in [-0.2, 0) is 13.0 Å². The highest BCUT2D eigenvalue weighted by atomic mass is 19.1. The Labute approximate surface area is 117 Å². The number of pyridine rings is 1. The van der Waals surface area contributed by atoms with Crippen LogP contribution in [0.15, 0.2) is 36.5 Å². The van der Waals surface area contributed by atoms with E-state index in [1.54, 1.807) is 23.2 Å². The summed E-state index contributed by atoms with van der Waals surface area (Å²) < 4.78 is 13.8. The standard InChI is InChI=1S/C16H15FN2O/c1-11-4-5-14(17)13(9-11)16(20)19-8-6-15-12(10-19)3-2-7-18-15/h2-5,7,9H,6,8,10H2,1H3. The Bertz CT molecular complexity index is 669. The number of hydrogen-bond acceptors (Lipinski definition) is 2. The van der Waals surface area contributed by atoms with E-state index in [-0.39, 0.29) is 11.5 Å². The van der Waals surface area contributed by atoms with Crippen LogP contribution in [0.3, 0.4) is 0 Å². The number of fused-ring (bicyclic) bond motifs is 1. The zero-order valence-electron chi connectivity index (χ0n) is 11.3. The van der Waals surface area contributed by atoms with Crippen LogP contribution in [0.1, 0.15) is 27.2 Å². The van der Waals surface area contributed by atoms with E-state index in [2.05, 4.69) is 4.98 Å². The van der Waals surface area contributed by atoms with Crippen LogP contribution in [0, 0.1) is 12.7 Å². The average molecular weight is 270 g/mol. The first kappa shape index (κ1) is 12.8. The molecule has 1 aromatic heterocycles. The molecule has 4 heteroatoms. The predicted molar refractivity (Wildman–Crippen MR) is 73.8 cm³/mol. The minimum atomic E-state index is -0.461. The van der Waals surface area contributed by atoms with E-state index in [0.717, 1.165) is 23.2 Å². The van der Waals surface area contributed by atoms with Gasteiger partial charge < -0.3 is 4.90 Å². The quantitative estimate of drug-likeness (QED) is 0.798. The molecule has 3 rings (SSSR count). The Morgan fingerprint density at radius 1 is 1.35 bits per heavy atom. The molecule has 0 spiro atoms. The number of carbonyl (C=O) groups excluding carboxylic acids is 1. The molecule has 1 aliphatic rings. The number of rotatable bonds is 1. The van der Waals surface area contributed by atoms with E-state index in [4.69, 9.17) is 0 Å². The van der Waals surface area contributed by atoms with Crippen molar-refractivity contribution in [1.82, 2.24) is 9.88 Å². The summed E-state index contributed by atoms with van der Waals surface area (Å²) >= 11 is 0. The molecule has 0 unspecified atom stereocenters. The summed E-state index contributed by atoms with van der Waals surface area (Å²) in [6, 6.07) is 8.45. The first-order chi connectivity index (χ1) is 9.65. The lowest BCUT2D eigenvalue weighted by Gasteiger charge is -2.28. The molecule has 0 radical (unpaired) electrons. The van der Waals surface area contributed by atoms with Crippen LogP contribution in [0.5, 0.6) is 0 Å². The van der Waals surface area contributed by atoms with Gasteiger partial charge in [0, 0.05) is 31.4 Å². The van der Waals surface area contributed by atoms with Crippen molar-refractivity contribution in [3.63, 3.8) is 0 Å². The van der Waals surface area contributed by atoms with Gasteiger partial charge in [0.2, 0.25) is 0 Å². The summed E-state index contributed by atoms with van der Waals surface area (Å²) in [7, 11) is 0. The van der Waals surface area contributed by atoms with Crippen molar-refractivity contribution < 1.29 is 9.18 Å². The second-order valence-electron chi connectivity index (χ2n) is 5.07. The fourth-order valence-corrected chi connectivity index (χ4v) is 2.51. The van der Waals surface area contributed by atoms with Crippen molar-refractivity contribution in [2.24, 2.45) is 0 Å². The van der Waals surface area contributed by atoms with E-state index in [0.29, 0.717) is 13.1 Å². The van der Waals surface area contributed by atoms with E-state index in [9.17, 15) is 9.18 Å². The molecule has 0 bridgehead atoms. The van der Waals surface area contributed by atoms with E-state index >= 15 is 0 Å².